The molecule has 0 fully saturated rings. The van der Waals surface area contributed by atoms with Crippen molar-refractivity contribution in [1.82, 2.24) is 24.5 Å². The summed E-state index contributed by atoms with van der Waals surface area (Å²) in [4.78, 5) is 30.9. The molecule has 1 aromatic carbocycles. The van der Waals surface area contributed by atoms with Crippen LogP contribution in [0.3, 0.4) is 0 Å². The number of para-hydroxylation sites is 1. The summed E-state index contributed by atoms with van der Waals surface area (Å²) >= 11 is 3.03. The lowest BCUT2D eigenvalue weighted by Gasteiger charge is -2.07. The van der Waals surface area contributed by atoms with Crippen molar-refractivity contribution in [2.24, 2.45) is 7.05 Å². The summed E-state index contributed by atoms with van der Waals surface area (Å²) in [6.45, 7) is 1.81. The molecule has 3 aromatic heterocycles. The number of amides is 1. The lowest BCUT2D eigenvalue weighted by Crippen LogP contribution is -2.23. The fourth-order valence-corrected chi connectivity index (χ4v) is 4.45. The van der Waals surface area contributed by atoms with Crippen LogP contribution in [0.15, 0.2) is 57.8 Å². The molecule has 0 saturated carbocycles. The number of nitrogens with one attached hydrogen (secondary N) is 2. The number of thioether (sulfide) groups is 1. The minimum Gasteiger partial charge on any atom is -0.320 e. The standard InChI is InChI=1S/C22H22N6O2S2/c1-15-20(21(30)28(27(15)2)16-7-4-3-5-8-16)24-19(29)12-14-32-22-23-18(25-26-22)11-10-17-9-6-13-31-17/h3-11,13H,12,14H2,1-2H3,(H,24,29)(H,23,25,26)/b11-10+. The van der Waals surface area contributed by atoms with Crippen LogP contribution in [0, 0.1) is 6.92 Å². The first-order chi connectivity index (χ1) is 15.5. The molecule has 4 aromatic rings. The minimum atomic E-state index is -0.256. The minimum absolute atomic E-state index is 0.225. The smallest absolute Gasteiger partial charge is 0.295 e. The van der Waals surface area contributed by atoms with Gasteiger partial charge in [-0.15, -0.1) is 16.4 Å². The highest BCUT2D eigenvalue weighted by Crippen LogP contribution is 2.17. The number of aromatic amines is 1. The van der Waals surface area contributed by atoms with Crippen LogP contribution in [0.25, 0.3) is 17.8 Å². The van der Waals surface area contributed by atoms with E-state index < -0.39 is 0 Å². The first-order valence-electron chi connectivity index (χ1n) is 9.93. The van der Waals surface area contributed by atoms with Crippen LogP contribution in [0.1, 0.15) is 22.8 Å². The van der Waals surface area contributed by atoms with Crippen LogP contribution in [-0.4, -0.2) is 36.2 Å². The van der Waals surface area contributed by atoms with E-state index >= 15 is 0 Å². The van der Waals surface area contributed by atoms with Crippen LogP contribution >= 0.6 is 23.1 Å². The van der Waals surface area contributed by atoms with Gasteiger partial charge in [-0.1, -0.05) is 36.0 Å². The predicted octanol–water partition coefficient (Wildman–Crippen LogP) is 3.96. The Bertz CT molecular complexity index is 1290. The number of H-pyrrole nitrogens is 1. The number of aromatic nitrogens is 5. The molecule has 0 aliphatic rings. The topological polar surface area (TPSA) is 97.6 Å². The van der Waals surface area contributed by atoms with E-state index in [2.05, 4.69) is 20.5 Å². The van der Waals surface area contributed by atoms with Gasteiger partial charge in [-0.05, 0) is 42.7 Å². The van der Waals surface area contributed by atoms with Gasteiger partial charge in [-0.3, -0.25) is 19.4 Å². The molecule has 0 aliphatic carbocycles. The number of anilines is 1. The summed E-state index contributed by atoms with van der Waals surface area (Å²) in [5, 5.41) is 12.4. The molecular weight excluding hydrogens is 444 g/mol. The highest BCUT2D eigenvalue weighted by molar-refractivity contribution is 7.99. The average Bonchev–Trinajstić information content (AvgIpc) is 3.52. The van der Waals surface area contributed by atoms with E-state index in [-0.39, 0.29) is 17.9 Å². The zero-order chi connectivity index (χ0) is 22.5. The third-order valence-corrected chi connectivity index (χ3v) is 6.50. The molecule has 0 unspecified atom stereocenters. The Hall–Kier alpha value is -3.37. The molecule has 8 nitrogen and oxygen atoms in total. The largest absolute Gasteiger partial charge is 0.320 e. The number of carbonyl (C=O) groups excluding carboxylic acids is 1. The van der Waals surface area contributed by atoms with E-state index in [1.807, 2.05) is 66.9 Å². The van der Waals surface area contributed by atoms with Crippen LogP contribution < -0.4 is 10.9 Å². The lowest BCUT2D eigenvalue weighted by molar-refractivity contribution is -0.115. The Labute approximate surface area is 193 Å². The molecule has 0 spiro atoms. The maximum atomic E-state index is 12.9. The molecule has 0 bridgehead atoms. The second kappa shape index (κ2) is 9.84. The van der Waals surface area contributed by atoms with Crippen molar-refractivity contribution < 1.29 is 4.79 Å². The van der Waals surface area contributed by atoms with Crippen LogP contribution in [0.2, 0.25) is 0 Å². The fourth-order valence-electron chi connectivity index (χ4n) is 3.09. The quantitative estimate of drug-likeness (QED) is 0.383. The first-order valence-corrected chi connectivity index (χ1v) is 11.8. The maximum absolute atomic E-state index is 12.9. The Morgan fingerprint density at radius 1 is 1.22 bits per heavy atom. The second-order valence-electron chi connectivity index (χ2n) is 6.94. The molecule has 0 aliphatic heterocycles. The number of carbonyl (C=O) groups is 1. The summed E-state index contributed by atoms with van der Waals surface area (Å²) in [5.74, 6) is 0.930. The van der Waals surface area contributed by atoms with Crippen molar-refractivity contribution in [3.05, 3.63) is 74.6 Å². The summed E-state index contributed by atoms with van der Waals surface area (Å²) < 4.78 is 3.28. The Kier molecular flexibility index (Phi) is 6.72. The third-order valence-electron chi connectivity index (χ3n) is 4.81. The van der Waals surface area contributed by atoms with E-state index in [1.165, 1.54) is 11.8 Å². The average molecular weight is 467 g/mol. The molecule has 0 radical (unpaired) electrons. The molecule has 164 valence electrons. The lowest BCUT2D eigenvalue weighted by atomic mass is 10.3. The zero-order valence-electron chi connectivity index (χ0n) is 17.6. The van der Waals surface area contributed by atoms with Gasteiger partial charge >= 0.3 is 0 Å². The van der Waals surface area contributed by atoms with Crippen LogP contribution in [0.4, 0.5) is 5.69 Å². The number of hydrogen-bond donors (Lipinski definition) is 2. The van der Waals surface area contributed by atoms with Gasteiger partial charge < -0.3 is 5.32 Å². The molecular formula is C22H22N6O2S2. The van der Waals surface area contributed by atoms with Crippen LogP contribution in [0.5, 0.6) is 0 Å². The molecule has 32 heavy (non-hydrogen) atoms. The Balaban J connectivity index is 1.34. The van der Waals surface area contributed by atoms with Gasteiger partial charge in [0.15, 0.2) is 0 Å². The van der Waals surface area contributed by atoms with Crippen molar-refractivity contribution in [2.45, 2.75) is 18.5 Å². The van der Waals surface area contributed by atoms with Crippen molar-refractivity contribution in [3.8, 4) is 5.69 Å². The molecule has 10 heteroatoms. The molecule has 2 N–H and O–H groups in total. The zero-order valence-corrected chi connectivity index (χ0v) is 19.2. The van der Waals surface area contributed by atoms with Gasteiger partial charge in [0.05, 0.1) is 11.4 Å². The van der Waals surface area contributed by atoms with E-state index in [4.69, 9.17) is 0 Å². The van der Waals surface area contributed by atoms with Gasteiger partial charge in [-0.25, -0.2) is 9.67 Å². The van der Waals surface area contributed by atoms with Gasteiger partial charge in [0.25, 0.3) is 5.56 Å². The van der Waals surface area contributed by atoms with Gasteiger partial charge in [0.1, 0.15) is 11.5 Å². The van der Waals surface area contributed by atoms with E-state index in [9.17, 15) is 9.59 Å². The molecule has 0 saturated heterocycles. The van der Waals surface area contributed by atoms with Gasteiger partial charge in [0.2, 0.25) is 11.1 Å². The van der Waals surface area contributed by atoms with Gasteiger partial charge in [-0.2, -0.15) is 0 Å². The SMILES string of the molecule is Cc1c(NC(=O)CCSc2n[nH]c(/C=C/c3cccs3)n2)c(=O)n(-c2ccccc2)n1C. The highest BCUT2D eigenvalue weighted by atomic mass is 32.2. The Morgan fingerprint density at radius 2 is 2.03 bits per heavy atom. The van der Waals surface area contributed by atoms with Gasteiger partial charge in [0, 0.05) is 24.1 Å². The highest BCUT2D eigenvalue weighted by Gasteiger charge is 2.18. The summed E-state index contributed by atoms with van der Waals surface area (Å²) in [6.07, 6.45) is 4.07. The molecule has 0 atom stereocenters. The summed E-state index contributed by atoms with van der Waals surface area (Å²) in [6, 6.07) is 13.3. The fraction of sp³-hybridized carbons (Fsp3) is 0.182. The molecule has 4 rings (SSSR count). The second-order valence-corrected chi connectivity index (χ2v) is 8.98. The van der Waals surface area contributed by atoms with Crippen molar-refractivity contribution >= 4 is 46.8 Å². The predicted molar refractivity (Wildman–Crippen MR) is 129 cm³/mol. The maximum Gasteiger partial charge on any atom is 0.295 e. The molecule has 1 amide bonds. The number of nitrogens with zero attached hydrogens (tertiary/aromatic N) is 4. The van der Waals surface area contributed by atoms with E-state index in [0.717, 1.165) is 10.6 Å². The number of benzene rings is 1. The van der Waals surface area contributed by atoms with Crippen molar-refractivity contribution in [1.29, 1.82) is 0 Å². The summed E-state index contributed by atoms with van der Waals surface area (Å²) in [7, 11) is 1.79. The number of rotatable bonds is 8. The summed E-state index contributed by atoms with van der Waals surface area (Å²) in [5.41, 5.74) is 1.47. The van der Waals surface area contributed by atoms with E-state index in [1.54, 1.807) is 27.7 Å². The third kappa shape index (κ3) is 4.92. The number of thiophene rings is 1. The van der Waals surface area contributed by atoms with Crippen molar-refractivity contribution in [3.63, 3.8) is 0 Å². The first kappa shape index (κ1) is 21.8. The van der Waals surface area contributed by atoms with Crippen LogP contribution in [-0.2, 0) is 11.8 Å². The number of hydrogen-bond acceptors (Lipinski definition) is 6. The molecule has 3 heterocycles. The Morgan fingerprint density at radius 3 is 2.78 bits per heavy atom. The normalized spacial score (nSPS) is 11.3. The monoisotopic (exact) mass is 466 g/mol. The van der Waals surface area contributed by atoms with E-state index in [0.29, 0.717) is 28.1 Å². The van der Waals surface area contributed by atoms with Crippen molar-refractivity contribution in [2.75, 3.05) is 11.1 Å².